The number of carbonyl (C=O) groups is 1. The molecule has 1 saturated heterocycles. The number of hydrogen-bond donors (Lipinski definition) is 2. The highest BCUT2D eigenvalue weighted by Crippen LogP contribution is 2.27. The first-order valence-corrected chi connectivity index (χ1v) is 10.1. The number of hydrogen-bond acceptors (Lipinski definition) is 5. The van der Waals surface area contributed by atoms with Crippen molar-refractivity contribution in [1.82, 2.24) is 9.96 Å². The summed E-state index contributed by atoms with van der Waals surface area (Å²) in [5.74, 6) is 0.236. The Kier molecular flexibility index (Phi) is 7.38. The van der Waals surface area contributed by atoms with Gasteiger partial charge >= 0.3 is 0 Å². The lowest BCUT2D eigenvalue weighted by molar-refractivity contribution is -0.177. The Morgan fingerprint density at radius 1 is 1.24 bits per heavy atom. The molecule has 0 radical (unpaired) electrons. The van der Waals surface area contributed by atoms with Gasteiger partial charge < -0.3 is 9.84 Å². The Balaban J connectivity index is 1.78. The summed E-state index contributed by atoms with van der Waals surface area (Å²) >= 11 is 12.0. The molecular weight excluding hydrogens is 415 g/mol. The zero-order valence-electron chi connectivity index (χ0n) is 16.1. The van der Waals surface area contributed by atoms with Crippen molar-refractivity contribution < 1.29 is 19.8 Å². The van der Waals surface area contributed by atoms with Crippen molar-refractivity contribution >= 4 is 29.1 Å². The summed E-state index contributed by atoms with van der Waals surface area (Å²) < 4.78 is 5.19. The number of rotatable bonds is 7. The minimum absolute atomic E-state index is 0.0112. The monoisotopic (exact) mass is 438 g/mol. The number of amides is 1. The maximum atomic E-state index is 12.8. The van der Waals surface area contributed by atoms with Gasteiger partial charge in [-0.1, -0.05) is 41.4 Å². The Hall–Kier alpha value is -1.83. The van der Waals surface area contributed by atoms with Gasteiger partial charge in [0, 0.05) is 19.6 Å². The van der Waals surface area contributed by atoms with Crippen molar-refractivity contribution in [2.75, 3.05) is 26.7 Å². The smallest absolute Gasteiger partial charge is 0.250 e. The Labute approximate surface area is 180 Å². The van der Waals surface area contributed by atoms with Crippen LogP contribution in [0, 0.1) is 0 Å². The molecule has 156 valence electrons. The Morgan fingerprint density at radius 2 is 1.97 bits per heavy atom. The number of hydroxylamine groups is 2. The molecule has 0 aliphatic carbocycles. The number of methoxy groups -OCH3 is 1. The van der Waals surface area contributed by atoms with Gasteiger partial charge in [-0.15, -0.1) is 0 Å². The van der Waals surface area contributed by atoms with Crippen molar-refractivity contribution in [3.63, 3.8) is 0 Å². The molecule has 0 saturated carbocycles. The van der Waals surface area contributed by atoms with E-state index in [1.54, 1.807) is 37.4 Å². The molecule has 29 heavy (non-hydrogen) atoms. The molecule has 2 atom stereocenters. The van der Waals surface area contributed by atoms with Crippen LogP contribution in [0.25, 0.3) is 0 Å². The summed E-state index contributed by atoms with van der Waals surface area (Å²) in [6.45, 7) is 1.64. The molecule has 0 bridgehead atoms. The van der Waals surface area contributed by atoms with Crippen LogP contribution in [0.4, 0.5) is 0 Å². The van der Waals surface area contributed by atoms with Gasteiger partial charge in [-0.2, -0.15) is 0 Å². The number of nitrogens with zero attached hydrogens (tertiary/aromatic N) is 2. The highest BCUT2D eigenvalue weighted by atomic mass is 35.5. The van der Waals surface area contributed by atoms with Gasteiger partial charge in [-0.25, -0.2) is 5.06 Å². The van der Waals surface area contributed by atoms with Crippen LogP contribution in [0.3, 0.4) is 0 Å². The molecule has 1 aliphatic heterocycles. The van der Waals surface area contributed by atoms with Crippen LogP contribution in [0.5, 0.6) is 5.75 Å². The number of halogens is 2. The number of likely N-dealkylation sites (tertiary alicyclic amines) is 1. The third-order valence-corrected chi connectivity index (χ3v) is 5.81. The summed E-state index contributed by atoms with van der Waals surface area (Å²) in [7, 11) is 1.58. The quantitative estimate of drug-likeness (QED) is 0.510. The topological polar surface area (TPSA) is 73.2 Å². The van der Waals surface area contributed by atoms with Gasteiger partial charge in [0.05, 0.1) is 35.7 Å². The molecule has 6 nitrogen and oxygen atoms in total. The summed E-state index contributed by atoms with van der Waals surface area (Å²) in [6.07, 6.45) is 0.284. The van der Waals surface area contributed by atoms with Crippen molar-refractivity contribution in [3.8, 4) is 5.75 Å². The van der Waals surface area contributed by atoms with Crippen LogP contribution in [0.2, 0.25) is 10.0 Å². The van der Waals surface area contributed by atoms with Crippen LogP contribution >= 0.6 is 23.2 Å². The lowest BCUT2D eigenvalue weighted by Crippen LogP contribution is -2.40. The number of carbonyl (C=O) groups excluding carboxylic acids is 1. The van der Waals surface area contributed by atoms with Gasteiger partial charge in [0.2, 0.25) is 0 Å². The number of β-amino-alcohol motifs (C(OH)–C–C–N with tert-alkyl or cyclic N) is 1. The molecule has 1 heterocycles. The lowest BCUT2D eigenvalue weighted by atomic mass is 10.0. The number of aliphatic hydroxyl groups is 1. The zero-order chi connectivity index (χ0) is 21.0. The van der Waals surface area contributed by atoms with Crippen molar-refractivity contribution in [2.45, 2.75) is 25.0 Å². The van der Waals surface area contributed by atoms with Crippen LogP contribution < -0.4 is 4.74 Å². The second-order valence-electron chi connectivity index (χ2n) is 7.15. The predicted octanol–water partition coefficient (Wildman–Crippen LogP) is 3.57. The summed E-state index contributed by atoms with van der Waals surface area (Å²) in [4.78, 5) is 14.8. The van der Waals surface area contributed by atoms with Gasteiger partial charge in [0.25, 0.3) is 5.91 Å². The summed E-state index contributed by atoms with van der Waals surface area (Å²) in [6, 6.07) is 11.6. The summed E-state index contributed by atoms with van der Waals surface area (Å²) in [5, 5.41) is 22.1. The first-order valence-electron chi connectivity index (χ1n) is 9.36. The highest BCUT2D eigenvalue weighted by molar-refractivity contribution is 6.42. The molecule has 2 aromatic rings. The fourth-order valence-electron chi connectivity index (χ4n) is 3.45. The SMILES string of the molecule is COc1ccc([C@@H](CN2CC[C@H](O)C2)N(O)C(=O)Cc2ccc(Cl)c(Cl)c2)cc1. The number of aliphatic hydroxyl groups excluding tert-OH is 1. The number of ether oxygens (including phenoxy) is 1. The maximum Gasteiger partial charge on any atom is 0.250 e. The Bertz CT molecular complexity index is 847. The molecule has 0 spiro atoms. The average molecular weight is 439 g/mol. The van der Waals surface area contributed by atoms with Crippen LogP contribution in [-0.4, -0.2) is 59.0 Å². The van der Waals surface area contributed by atoms with E-state index in [4.69, 9.17) is 27.9 Å². The largest absolute Gasteiger partial charge is 0.497 e. The van der Waals surface area contributed by atoms with Gasteiger partial charge in [-0.3, -0.25) is 14.9 Å². The maximum absolute atomic E-state index is 12.8. The molecular formula is C21H24Cl2N2O4. The normalized spacial score (nSPS) is 17.9. The minimum Gasteiger partial charge on any atom is -0.497 e. The van der Waals surface area contributed by atoms with E-state index in [1.807, 2.05) is 17.0 Å². The molecule has 1 fully saturated rings. The molecule has 0 aromatic heterocycles. The molecule has 1 aliphatic rings. The lowest BCUT2D eigenvalue weighted by Gasteiger charge is -2.30. The molecule has 2 N–H and O–H groups in total. The molecule has 0 unspecified atom stereocenters. The fourth-order valence-corrected chi connectivity index (χ4v) is 3.77. The summed E-state index contributed by atoms with van der Waals surface area (Å²) in [5.41, 5.74) is 1.44. The van der Waals surface area contributed by atoms with Crippen molar-refractivity contribution in [2.24, 2.45) is 0 Å². The molecule has 2 aromatic carbocycles. The first kappa shape index (κ1) is 21.9. The van der Waals surface area contributed by atoms with E-state index in [0.717, 1.165) is 10.6 Å². The van der Waals surface area contributed by atoms with E-state index in [1.165, 1.54) is 0 Å². The van der Waals surface area contributed by atoms with Gasteiger partial charge in [0.15, 0.2) is 0 Å². The van der Waals surface area contributed by atoms with E-state index >= 15 is 0 Å². The molecule has 8 heteroatoms. The van der Waals surface area contributed by atoms with Crippen molar-refractivity contribution in [3.05, 3.63) is 63.6 Å². The third-order valence-electron chi connectivity index (χ3n) is 5.07. The van der Waals surface area contributed by atoms with Gasteiger partial charge in [-0.05, 0) is 41.8 Å². The van der Waals surface area contributed by atoms with Crippen LogP contribution in [0.15, 0.2) is 42.5 Å². The van der Waals surface area contributed by atoms with Gasteiger partial charge in [0.1, 0.15) is 5.75 Å². The van der Waals surface area contributed by atoms with E-state index in [9.17, 15) is 15.1 Å². The Morgan fingerprint density at radius 3 is 2.55 bits per heavy atom. The zero-order valence-corrected chi connectivity index (χ0v) is 17.6. The van der Waals surface area contributed by atoms with Crippen LogP contribution in [-0.2, 0) is 11.2 Å². The second kappa shape index (κ2) is 9.78. The molecule has 1 amide bonds. The minimum atomic E-state index is -0.582. The highest BCUT2D eigenvalue weighted by Gasteiger charge is 2.29. The van der Waals surface area contributed by atoms with E-state index < -0.39 is 11.9 Å². The van der Waals surface area contributed by atoms with E-state index in [0.29, 0.717) is 47.4 Å². The van der Waals surface area contributed by atoms with Crippen LogP contribution in [0.1, 0.15) is 23.6 Å². The van der Waals surface area contributed by atoms with E-state index in [2.05, 4.69) is 0 Å². The average Bonchev–Trinajstić information content (AvgIpc) is 3.13. The first-order chi connectivity index (χ1) is 13.9. The number of benzene rings is 2. The van der Waals surface area contributed by atoms with E-state index in [-0.39, 0.29) is 12.5 Å². The fraction of sp³-hybridized carbons (Fsp3) is 0.381. The predicted molar refractivity (Wildman–Crippen MR) is 112 cm³/mol. The molecule has 3 rings (SSSR count). The second-order valence-corrected chi connectivity index (χ2v) is 7.97. The van der Waals surface area contributed by atoms with Crippen molar-refractivity contribution in [1.29, 1.82) is 0 Å². The standard InChI is InChI=1S/C21H24Cl2N2O4/c1-29-17-5-3-15(4-6-17)20(13-24-9-8-16(26)12-24)25(28)21(27)11-14-2-7-18(22)19(23)10-14/h2-7,10,16,20,26,28H,8-9,11-13H2,1H3/t16-,20+/m0/s1. The third kappa shape index (κ3) is 5.62.